The highest BCUT2D eigenvalue weighted by molar-refractivity contribution is 9.10. The van der Waals surface area contributed by atoms with E-state index in [0.29, 0.717) is 0 Å². The first-order valence-corrected chi connectivity index (χ1v) is 8.10. The van der Waals surface area contributed by atoms with Crippen LogP contribution in [0.25, 0.3) is 0 Å². The molecule has 1 aliphatic rings. The van der Waals surface area contributed by atoms with E-state index >= 15 is 0 Å². The summed E-state index contributed by atoms with van der Waals surface area (Å²) in [6.45, 7) is 4.36. The number of halogens is 1. The monoisotopic (exact) mass is 325 g/mol. The fourth-order valence-corrected chi connectivity index (χ4v) is 3.44. The Labute approximate surface area is 125 Å². The van der Waals surface area contributed by atoms with E-state index in [2.05, 4.69) is 33.8 Å². The normalized spacial score (nSPS) is 16.8. The minimum Gasteiger partial charge on any atom is -0.496 e. The molecular formula is C16H24BrNO. The highest BCUT2D eigenvalue weighted by Gasteiger charge is 2.20. The van der Waals surface area contributed by atoms with Crippen molar-refractivity contribution < 1.29 is 4.74 Å². The Morgan fingerprint density at radius 2 is 2.00 bits per heavy atom. The fraction of sp³-hybridized carbons (Fsp3) is 0.625. The van der Waals surface area contributed by atoms with E-state index in [-0.39, 0.29) is 0 Å². The molecule has 2 nitrogen and oxygen atoms in total. The van der Waals surface area contributed by atoms with Crippen LogP contribution in [0.1, 0.15) is 44.6 Å². The van der Waals surface area contributed by atoms with Gasteiger partial charge in [-0.05, 0) is 37.6 Å². The smallest absolute Gasteiger partial charge is 0.123 e. The number of ether oxygens (including phenoxy) is 1. The summed E-state index contributed by atoms with van der Waals surface area (Å²) in [7, 11) is 1.75. The molecule has 0 saturated heterocycles. The van der Waals surface area contributed by atoms with Crippen molar-refractivity contribution in [1.29, 1.82) is 0 Å². The Morgan fingerprint density at radius 3 is 2.63 bits per heavy atom. The lowest BCUT2D eigenvalue weighted by atomic mass is 9.94. The second-order valence-electron chi connectivity index (χ2n) is 5.31. The maximum absolute atomic E-state index is 5.49. The molecule has 1 aliphatic carbocycles. The predicted molar refractivity (Wildman–Crippen MR) is 83.7 cm³/mol. The first-order chi connectivity index (χ1) is 9.24. The van der Waals surface area contributed by atoms with Crippen LogP contribution >= 0.6 is 15.9 Å². The molecule has 1 aromatic carbocycles. The maximum atomic E-state index is 5.49. The van der Waals surface area contributed by atoms with Crippen LogP contribution < -0.4 is 4.74 Å². The molecule has 0 N–H and O–H groups in total. The van der Waals surface area contributed by atoms with Crippen molar-refractivity contribution in [3.8, 4) is 5.75 Å². The van der Waals surface area contributed by atoms with Crippen molar-refractivity contribution in [1.82, 2.24) is 4.90 Å². The Morgan fingerprint density at radius 1 is 1.26 bits per heavy atom. The maximum Gasteiger partial charge on any atom is 0.123 e. The van der Waals surface area contributed by atoms with Crippen LogP contribution in [-0.2, 0) is 6.54 Å². The summed E-state index contributed by atoms with van der Waals surface area (Å²) in [5, 5.41) is 0. The van der Waals surface area contributed by atoms with Crippen molar-refractivity contribution in [2.45, 2.75) is 51.6 Å². The van der Waals surface area contributed by atoms with Gasteiger partial charge in [0.15, 0.2) is 0 Å². The molecule has 0 aromatic heterocycles. The van der Waals surface area contributed by atoms with Gasteiger partial charge in [0.25, 0.3) is 0 Å². The van der Waals surface area contributed by atoms with Crippen molar-refractivity contribution in [2.75, 3.05) is 13.7 Å². The van der Waals surface area contributed by atoms with Crippen LogP contribution in [0.4, 0.5) is 0 Å². The number of nitrogens with zero attached hydrogens (tertiary/aromatic N) is 1. The van der Waals surface area contributed by atoms with Crippen LogP contribution in [0.2, 0.25) is 0 Å². The zero-order chi connectivity index (χ0) is 13.7. The van der Waals surface area contributed by atoms with Crippen LogP contribution in [0, 0.1) is 0 Å². The summed E-state index contributed by atoms with van der Waals surface area (Å²) in [5.74, 6) is 0.998. The molecule has 0 amide bonds. The van der Waals surface area contributed by atoms with E-state index in [4.69, 9.17) is 4.74 Å². The lowest BCUT2D eigenvalue weighted by Crippen LogP contribution is -2.36. The Bertz CT molecular complexity index is 402. The molecule has 0 radical (unpaired) electrons. The van der Waals surface area contributed by atoms with Gasteiger partial charge in [0.1, 0.15) is 5.75 Å². The summed E-state index contributed by atoms with van der Waals surface area (Å²) in [5.41, 5.74) is 1.28. The summed E-state index contributed by atoms with van der Waals surface area (Å²) < 4.78 is 6.61. The van der Waals surface area contributed by atoms with Crippen molar-refractivity contribution in [3.05, 3.63) is 28.2 Å². The molecule has 0 atom stereocenters. The van der Waals surface area contributed by atoms with E-state index in [9.17, 15) is 0 Å². The van der Waals surface area contributed by atoms with Crippen LogP contribution in [0.3, 0.4) is 0 Å². The average molecular weight is 326 g/mol. The summed E-state index contributed by atoms with van der Waals surface area (Å²) in [4.78, 5) is 2.60. The molecule has 3 heteroatoms. The van der Waals surface area contributed by atoms with Gasteiger partial charge in [0.2, 0.25) is 0 Å². The molecule has 2 rings (SSSR count). The van der Waals surface area contributed by atoms with Crippen molar-refractivity contribution >= 4 is 15.9 Å². The summed E-state index contributed by atoms with van der Waals surface area (Å²) in [6.07, 6.45) is 6.89. The molecular weight excluding hydrogens is 302 g/mol. The zero-order valence-corrected chi connectivity index (χ0v) is 13.6. The highest BCUT2D eigenvalue weighted by atomic mass is 79.9. The molecule has 0 spiro atoms. The van der Waals surface area contributed by atoms with Crippen LogP contribution in [-0.4, -0.2) is 24.6 Å². The molecule has 19 heavy (non-hydrogen) atoms. The van der Waals surface area contributed by atoms with Gasteiger partial charge >= 0.3 is 0 Å². The first-order valence-electron chi connectivity index (χ1n) is 7.31. The highest BCUT2D eigenvalue weighted by Crippen LogP contribution is 2.28. The van der Waals surface area contributed by atoms with Gasteiger partial charge in [-0.1, -0.05) is 42.1 Å². The Hall–Kier alpha value is -0.540. The molecule has 1 fully saturated rings. The van der Waals surface area contributed by atoms with Gasteiger partial charge < -0.3 is 4.74 Å². The third-order valence-corrected chi connectivity index (χ3v) is 4.61. The molecule has 0 bridgehead atoms. The lowest BCUT2D eigenvalue weighted by Gasteiger charge is -2.33. The van der Waals surface area contributed by atoms with Crippen molar-refractivity contribution in [2.24, 2.45) is 0 Å². The van der Waals surface area contributed by atoms with Crippen molar-refractivity contribution in [3.63, 3.8) is 0 Å². The van der Waals surface area contributed by atoms with E-state index < -0.39 is 0 Å². The number of benzene rings is 1. The van der Waals surface area contributed by atoms with Gasteiger partial charge in [0, 0.05) is 22.6 Å². The zero-order valence-electron chi connectivity index (χ0n) is 12.0. The Kier molecular flexibility index (Phi) is 5.71. The van der Waals surface area contributed by atoms with E-state index in [1.807, 2.05) is 12.1 Å². The standard InChI is InChI=1S/C16H24BrNO/c1-3-18(15-7-5-4-6-8-15)12-13-11-14(17)9-10-16(13)19-2/h9-11,15H,3-8,12H2,1-2H3. The summed E-state index contributed by atoms with van der Waals surface area (Å²) >= 11 is 3.56. The minimum atomic E-state index is 0.752. The second-order valence-corrected chi connectivity index (χ2v) is 6.23. The van der Waals surface area contributed by atoms with Gasteiger partial charge in [-0.25, -0.2) is 0 Å². The topological polar surface area (TPSA) is 12.5 Å². The van der Waals surface area contributed by atoms with Gasteiger partial charge in [-0.15, -0.1) is 0 Å². The molecule has 0 aliphatic heterocycles. The first kappa shape index (κ1) is 14.9. The van der Waals surface area contributed by atoms with Gasteiger partial charge in [-0.2, -0.15) is 0 Å². The molecule has 1 aromatic rings. The third kappa shape index (κ3) is 3.96. The average Bonchev–Trinajstić information content (AvgIpc) is 2.46. The van der Waals surface area contributed by atoms with E-state index in [1.54, 1.807) is 7.11 Å². The fourth-order valence-electron chi connectivity index (χ4n) is 3.03. The number of hydrogen-bond donors (Lipinski definition) is 0. The predicted octanol–water partition coefficient (Wildman–Crippen LogP) is 4.61. The van der Waals surface area contributed by atoms with E-state index in [0.717, 1.165) is 29.4 Å². The number of rotatable bonds is 5. The van der Waals surface area contributed by atoms with E-state index in [1.165, 1.54) is 37.7 Å². The SMILES string of the molecule is CCN(Cc1cc(Br)ccc1OC)C1CCCCC1. The number of hydrogen-bond acceptors (Lipinski definition) is 2. The van der Waals surface area contributed by atoms with Crippen LogP contribution in [0.15, 0.2) is 22.7 Å². The van der Waals surface area contributed by atoms with Crippen LogP contribution in [0.5, 0.6) is 5.75 Å². The second kappa shape index (κ2) is 7.30. The van der Waals surface area contributed by atoms with Gasteiger partial charge in [-0.3, -0.25) is 4.90 Å². The molecule has 0 heterocycles. The largest absolute Gasteiger partial charge is 0.496 e. The molecule has 1 saturated carbocycles. The van der Waals surface area contributed by atoms with Gasteiger partial charge in [0.05, 0.1) is 7.11 Å². The number of methoxy groups -OCH3 is 1. The summed E-state index contributed by atoms with van der Waals surface area (Å²) in [6, 6.07) is 7.03. The third-order valence-electron chi connectivity index (χ3n) is 4.11. The quantitative estimate of drug-likeness (QED) is 0.783. The Balaban J connectivity index is 2.10. The molecule has 0 unspecified atom stereocenters. The lowest BCUT2D eigenvalue weighted by molar-refractivity contribution is 0.154. The minimum absolute atomic E-state index is 0.752. The molecule has 106 valence electrons.